The minimum atomic E-state index is 0. The maximum absolute atomic E-state index is 3.36. The van der Waals surface area contributed by atoms with Crippen molar-refractivity contribution in [2.24, 2.45) is 0 Å². The van der Waals surface area contributed by atoms with Crippen molar-refractivity contribution in [3.63, 3.8) is 0 Å². The SMILES string of the molecule is Cl.Cl.c1cc(CN2CCNCC2)cs1. The van der Waals surface area contributed by atoms with Crippen LogP contribution in [-0.4, -0.2) is 31.1 Å². The third kappa shape index (κ3) is 4.15. The lowest BCUT2D eigenvalue weighted by Gasteiger charge is -2.26. The van der Waals surface area contributed by atoms with Gasteiger partial charge >= 0.3 is 0 Å². The van der Waals surface area contributed by atoms with Gasteiger partial charge in [-0.1, -0.05) is 0 Å². The normalized spacial score (nSPS) is 16.9. The third-order valence-corrected chi connectivity index (χ3v) is 2.93. The van der Waals surface area contributed by atoms with Gasteiger partial charge in [-0.2, -0.15) is 11.3 Å². The van der Waals surface area contributed by atoms with Crippen molar-refractivity contribution in [2.75, 3.05) is 26.2 Å². The van der Waals surface area contributed by atoms with Crippen LogP contribution in [0, 0.1) is 0 Å². The molecular formula is C9H16Cl2N2S. The summed E-state index contributed by atoms with van der Waals surface area (Å²) < 4.78 is 0. The van der Waals surface area contributed by atoms with Crippen molar-refractivity contribution >= 4 is 36.2 Å². The van der Waals surface area contributed by atoms with Crippen molar-refractivity contribution in [1.82, 2.24) is 10.2 Å². The molecule has 2 rings (SSSR count). The highest BCUT2D eigenvalue weighted by molar-refractivity contribution is 7.07. The predicted octanol–water partition coefficient (Wildman–Crippen LogP) is 2.00. The van der Waals surface area contributed by atoms with Gasteiger partial charge in [0, 0.05) is 32.7 Å². The molecular weight excluding hydrogens is 239 g/mol. The molecule has 0 bridgehead atoms. The molecule has 0 spiro atoms. The second kappa shape index (κ2) is 7.49. The Labute approximate surface area is 102 Å². The summed E-state index contributed by atoms with van der Waals surface area (Å²) in [6.45, 7) is 5.80. The van der Waals surface area contributed by atoms with Gasteiger partial charge in [0.25, 0.3) is 0 Å². The van der Waals surface area contributed by atoms with Gasteiger partial charge in [0.15, 0.2) is 0 Å². The summed E-state index contributed by atoms with van der Waals surface area (Å²) in [5.41, 5.74) is 1.46. The summed E-state index contributed by atoms with van der Waals surface area (Å²) in [6.07, 6.45) is 0. The number of nitrogens with zero attached hydrogens (tertiary/aromatic N) is 1. The Kier molecular flexibility index (Phi) is 7.59. The van der Waals surface area contributed by atoms with Crippen molar-refractivity contribution < 1.29 is 0 Å². The number of rotatable bonds is 2. The van der Waals surface area contributed by atoms with Gasteiger partial charge in [0.1, 0.15) is 0 Å². The first kappa shape index (κ1) is 14.2. The first-order valence-electron chi connectivity index (χ1n) is 4.39. The predicted molar refractivity (Wildman–Crippen MR) is 67.0 cm³/mol. The van der Waals surface area contributed by atoms with Crippen LogP contribution in [0.25, 0.3) is 0 Å². The Bertz CT molecular complexity index is 223. The molecule has 0 aliphatic carbocycles. The lowest BCUT2D eigenvalue weighted by Crippen LogP contribution is -2.42. The highest BCUT2D eigenvalue weighted by atomic mass is 35.5. The van der Waals surface area contributed by atoms with E-state index in [9.17, 15) is 0 Å². The van der Waals surface area contributed by atoms with E-state index < -0.39 is 0 Å². The lowest BCUT2D eigenvalue weighted by molar-refractivity contribution is 0.233. The molecule has 2 nitrogen and oxygen atoms in total. The zero-order valence-electron chi connectivity index (χ0n) is 7.94. The van der Waals surface area contributed by atoms with Crippen molar-refractivity contribution in [1.29, 1.82) is 0 Å². The van der Waals surface area contributed by atoms with Crippen LogP contribution in [0.3, 0.4) is 0 Å². The van der Waals surface area contributed by atoms with E-state index in [1.54, 1.807) is 11.3 Å². The van der Waals surface area contributed by atoms with E-state index in [0.717, 1.165) is 19.6 Å². The van der Waals surface area contributed by atoms with E-state index in [4.69, 9.17) is 0 Å². The molecule has 1 aromatic heterocycles. The fourth-order valence-corrected chi connectivity index (χ4v) is 2.17. The van der Waals surface area contributed by atoms with Crippen LogP contribution in [0.4, 0.5) is 0 Å². The molecule has 0 saturated carbocycles. The third-order valence-electron chi connectivity index (χ3n) is 2.20. The van der Waals surface area contributed by atoms with Gasteiger partial charge in [-0.3, -0.25) is 4.90 Å². The zero-order chi connectivity index (χ0) is 8.23. The van der Waals surface area contributed by atoms with Crippen LogP contribution in [0.15, 0.2) is 16.8 Å². The standard InChI is InChI=1S/C9H14N2S.2ClH/c1-6-12-8-9(1)7-11-4-2-10-3-5-11;;/h1,6,8,10H,2-5,7H2;2*1H. The quantitative estimate of drug-likeness (QED) is 0.869. The molecule has 0 atom stereocenters. The molecule has 2 heterocycles. The van der Waals surface area contributed by atoms with Crippen LogP contribution in [-0.2, 0) is 6.54 Å². The fourth-order valence-electron chi connectivity index (χ4n) is 1.51. The maximum Gasteiger partial charge on any atom is 0.0243 e. The minimum absolute atomic E-state index is 0. The molecule has 0 unspecified atom stereocenters. The van der Waals surface area contributed by atoms with Crippen LogP contribution < -0.4 is 5.32 Å². The van der Waals surface area contributed by atoms with Gasteiger partial charge in [0.05, 0.1) is 0 Å². The van der Waals surface area contributed by atoms with Crippen LogP contribution in [0.5, 0.6) is 0 Å². The Hall–Kier alpha value is 0.200. The molecule has 1 N–H and O–H groups in total. The molecule has 82 valence electrons. The van der Waals surface area contributed by atoms with E-state index in [-0.39, 0.29) is 24.8 Å². The first-order chi connectivity index (χ1) is 5.95. The Morgan fingerprint density at radius 2 is 2.00 bits per heavy atom. The van der Waals surface area contributed by atoms with Crippen LogP contribution in [0.2, 0.25) is 0 Å². The fraction of sp³-hybridized carbons (Fsp3) is 0.556. The van der Waals surface area contributed by atoms with Crippen LogP contribution in [0.1, 0.15) is 5.56 Å². The van der Waals surface area contributed by atoms with E-state index in [2.05, 4.69) is 27.0 Å². The molecule has 14 heavy (non-hydrogen) atoms. The van der Waals surface area contributed by atoms with E-state index in [1.165, 1.54) is 18.7 Å². The maximum atomic E-state index is 3.36. The topological polar surface area (TPSA) is 15.3 Å². The molecule has 0 amide bonds. The highest BCUT2D eigenvalue weighted by Gasteiger charge is 2.09. The Morgan fingerprint density at radius 1 is 1.29 bits per heavy atom. The molecule has 1 aromatic rings. The summed E-state index contributed by atoms with van der Waals surface area (Å²) in [6, 6.07) is 2.21. The smallest absolute Gasteiger partial charge is 0.0243 e. The monoisotopic (exact) mass is 254 g/mol. The Balaban J connectivity index is 0.000000845. The van der Waals surface area contributed by atoms with Gasteiger partial charge < -0.3 is 5.32 Å². The average Bonchev–Trinajstić information content (AvgIpc) is 2.59. The summed E-state index contributed by atoms with van der Waals surface area (Å²) in [5.74, 6) is 0. The van der Waals surface area contributed by atoms with Crippen molar-refractivity contribution in [3.8, 4) is 0 Å². The summed E-state index contributed by atoms with van der Waals surface area (Å²) in [7, 11) is 0. The summed E-state index contributed by atoms with van der Waals surface area (Å²) in [5, 5.41) is 7.74. The number of nitrogens with one attached hydrogen (secondary N) is 1. The molecule has 0 aromatic carbocycles. The number of hydrogen-bond donors (Lipinski definition) is 1. The van der Waals surface area contributed by atoms with Gasteiger partial charge in [-0.05, 0) is 22.4 Å². The zero-order valence-corrected chi connectivity index (χ0v) is 10.4. The molecule has 5 heteroatoms. The van der Waals surface area contributed by atoms with Gasteiger partial charge in [-0.25, -0.2) is 0 Å². The van der Waals surface area contributed by atoms with Gasteiger partial charge in [0.2, 0.25) is 0 Å². The average molecular weight is 255 g/mol. The lowest BCUT2D eigenvalue weighted by atomic mass is 10.3. The van der Waals surface area contributed by atoms with E-state index >= 15 is 0 Å². The number of halogens is 2. The first-order valence-corrected chi connectivity index (χ1v) is 5.33. The molecule has 1 saturated heterocycles. The van der Waals surface area contributed by atoms with Gasteiger partial charge in [-0.15, -0.1) is 24.8 Å². The highest BCUT2D eigenvalue weighted by Crippen LogP contribution is 2.09. The minimum Gasteiger partial charge on any atom is -0.314 e. The molecule has 0 radical (unpaired) electrons. The molecule has 1 fully saturated rings. The number of piperazine rings is 1. The van der Waals surface area contributed by atoms with Crippen molar-refractivity contribution in [3.05, 3.63) is 22.4 Å². The summed E-state index contributed by atoms with van der Waals surface area (Å²) in [4.78, 5) is 2.50. The van der Waals surface area contributed by atoms with E-state index in [0.29, 0.717) is 0 Å². The van der Waals surface area contributed by atoms with Crippen LogP contribution >= 0.6 is 36.2 Å². The number of hydrogen-bond acceptors (Lipinski definition) is 3. The van der Waals surface area contributed by atoms with E-state index in [1.807, 2.05) is 0 Å². The molecule has 1 aliphatic heterocycles. The second-order valence-corrected chi connectivity index (χ2v) is 3.94. The van der Waals surface area contributed by atoms with Crippen molar-refractivity contribution in [2.45, 2.75) is 6.54 Å². The summed E-state index contributed by atoms with van der Waals surface area (Å²) >= 11 is 1.79. The largest absolute Gasteiger partial charge is 0.314 e. The number of thiophene rings is 1. The molecule has 1 aliphatic rings. The second-order valence-electron chi connectivity index (χ2n) is 3.16. The Morgan fingerprint density at radius 3 is 2.57 bits per heavy atom.